The van der Waals surface area contributed by atoms with E-state index in [0.717, 1.165) is 0 Å². The van der Waals surface area contributed by atoms with Gasteiger partial charge >= 0.3 is 6.03 Å². The molecule has 0 saturated carbocycles. The highest BCUT2D eigenvalue weighted by molar-refractivity contribution is 6.20. The Balaban J connectivity index is 1.84. The number of carbonyl (C=O) groups excluding carboxylic acids is 2. The maximum Gasteiger partial charge on any atom is 0.316 e. The number of hydrogen-bond acceptors (Lipinski definition) is 8. The van der Waals surface area contributed by atoms with Crippen molar-refractivity contribution in [2.45, 2.75) is 31.5 Å². The van der Waals surface area contributed by atoms with Crippen molar-refractivity contribution in [3.05, 3.63) is 93.9 Å². The summed E-state index contributed by atoms with van der Waals surface area (Å²) < 4.78 is 0. The number of H-pyrrole nitrogens is 1. The van der Waals surface area contributed by atoms with Crippen molar-refractivity contribution in [1.82, 2.24) is 4.98 Å². The van der Waals surface area contributed by atoms with E-state index < -0.39 is 23.1 Å². The Morgan fingerprint density at radius 3 is 2.50 bits per heavy atom. The van der Waals surface area contributed by atoms with Crippen molar-refractivity contribution in [2.75, 3.05) is 10.6 Å². The molecule has 0 radical (unpaired) electrons. The first-order chi connectivity index (χ1) is 18.2. The molecule has 0 aliphatic carbocycles. The van der Waals surface area contributed by atoms with Gasteiger partial charge < -0.3 is 21.4 Å². The van der Waals surface area contributed by atoms with Crippen LogP contribution in [0.1, 0.15) is 37.0 Å². The van der Waals surface area contributed by atoms with Crippen molar-refractivity contribution in [1.29, 1.82) is 0 Å². The van der Waals surface area contributed by atoms with Gasteiger partial charge in [-0.05, 0) is 47.1 Å². The van der Waals surface area contributed by atoms with E-state index in [1.807, 2.05) is 26.0 Å². The molecule has 12 nitrogen and oxygen atoms in total. The number of fused-ring (bicyclic) bond motifs is 1. The lowest BCUT2D eigenvalue weighted by Gasteiger charge is -2.39. The average Bonchev–Trinajstić information content (AvgIpc) is 3.34. The van der Waals surface area contributed by atoms with E-state index in [4.69, 9.17) is 10.7 Å². The summed E-state index contributed by atoms with van der Waals surface area (Å²) >= 11 is 0. The molecule has 1 atom stereocenters. The van der Waals surface area contributed by atoms with Gasteiger partial charge in [0.2, 0.25) is 5.56 Å². The number of nitrogens with two attached hydrogens (primary N) is 1. The molecule has 1 aromatic heterocycles. The number of primary amides is 1. The number of rotatable bonds is 6. The molecule has 2 aliphatic heterocycles. The van der Waals surface area contributed by atoms with E-state index in [2.05, 4.69) is 36.3 Å². The van der Waals surface area contributed by atoms with Crippen molar-refractivity contribution < 1.29 is 9.59 Å². The Morgan fingerprint density at radius 1 is 1.03 bits per heavy atom. The van der Waals surface area contributed by atoms with Gasteiger partial charge in [0.1, 0.15) is 0 Å². The highest BCUT2D eigenvalue weighted by Gasteiger charge is 2.62. The molecule has 38 heavy (non-hydrogen) atoms. The minimum Gasteiger partial charge on any atom is -0.351 e. The van der Waals surface area contributed by atoms with E-state index in [0.29, 0.717) is 33.8 Å². The molecule has 12 heteroatoms. The van der Waals surface area contributed by atoms with Crippen LogP contribution in [-0.4, -0.2) is 28.2 Å². The van der Waals surface area contributed by atoms with Gasteiger partial charge in [0.05, 0.1) is 11.4 Å². The minimum atomic E-state index is -1.72. The number of hydrogen-bond donors (Lipinski definition) is 4. The molecular formula is C26H25N9O3. The Morgan fingerprint density at radius 2 is 1.79 bits per heavy atom. The largest absolute Gasteiger partial charge is 0.351 e. The second-order valence-corrected chi connectivity index (χ2v) is 9.48. The third-order valence-corrected chi connectivity index (χ3v) is 6.39. The molecule has 1 unspecified atom stereocenters. The minimum absolute atomic E-state index is 0.0547. The number of nitrogens with zero attached hydrogens (tertiary/aromatic N) is 5. The SMILES string of the molecule is CC(C)CC1(C2(c3cccc(NC(N)=O)c3)N=NN=N2)N=C(c2cc[nH]c(=O)c2)c2ccccc2NC1=O. The zero-order valence-corrected chi connectivity index (χ0v) is 20.7. The van der Waals surface area contributed by atoms with Crippen molar-refractivity contribution in [2.24, 2.45) is 37.3 Å². The summed E-state index contributed by atoms with van der Waals surface area (Å²) in [6.07, 6.45) is 1.72. The molecular weight excluding hydrogens is 486 g/mol. The second kappa shape index (κ2) is 9.47. The number of para-hydroxylation sites is 1. The Bertz CT molecular complexity index is 1560. The number of carbonyl (C=O) groups is 2. The average molecular weight is 512 g/mol. The van der Waals surface area contributed by atoms with E-state index in [1.165, 1.54) is 12.3 Å². The van der Waals surface area contributed by atoms with Gasteiger partial charge in [-0.25, -0.2) is 4.79 Å². The van der Waals surface area contributed by atoms with Crippen LogP contribution in [0.3, 0.4) is 0 Å². The molecule has 2 aromatic carbocycles. The molecule has 0 spiro atoms. The van der Waals surface area contributed by atoms with Gasteiger partial charge in [-0.3, -0.25) is 14.6 Å². The summed E-state index contributed by atoms with van der Waals surface area (Å²) in [6, 6.07) is 16.3. The number of benzodiazepines with no additional fused rings is 1. The summed E-state index contributed by atoms with van der Waals surface area (Å²) in [4.78, 5) is 45.9. The fourth-order valence-electron chi connectivity index (χ4n) is 4.91. The normalized spacial score (nSPS) is 19.4. The predicted octanol–water partition coefficient (Wildman–Crippen LogP) is 4.13. The summed E-state index contributed by atoms with van der Waals surface area (Å²) in [5.41, 5.74) is 4.48. The summed E-state index contributed by atoms with van der Waals surface area (Å²) in [7, 11) is 0. The number of amides is 3. The van der Waals surface area contributed by atoms with E-state index in [1.54, 1.807) is 42.5 Å². The van der Waals surface area contributed by atoms with Crippen LogP contribution in [0.25, 0.3) is 0 Å². The van der Waals surface area contributed by atoms with Crippen molar-refractivity contribution in [3.8, 4) is 0 Å². The van der Waals surface area contributed by atoms with Crippen LogP contribution < -0.4 is 21.9 Å². The molecule has 192 valence electrons. The maximum absolute atomic E-state index is 14.3. The van der Waals surface area contributed by atoms with Crippen LogP contribution in [0.4, 0.5) is 16.2 Å². The molecule has 3 aromatic rings. The van der Waals surface area contributed by atoms with Gasteiger partial charge in [-0.15, -0.1) is 10.2 Å². The maximum atomic E-state index is 14.3. The van der Waals surface area contributed by atoms with Crippen LogP contribution in [0.15, 0.2) is 97.3 Å². The molecule has 0 fully saturated rings. The number of anilines is 2. The van der Waals surface area contributed by atoms with Crippen LogP contribution in [0.2, 0.25) is 0 Å². The first kappa shape index (κ1) is 24.7. The van der Waals surface area contributed by atoms with Crippen LogP contribution >= 0.6 is 0 Å². The zero-order chi connectivity index (χ0) is 26.9. The monoisotopic (exact) mass is 511 g/mol. The lowest BCUT2D eigenvalue weighted by Crippen LogP contribution is -2.56. The summed E-state index contributed by atoms with van der Waals surface area (Å²) in [6.45, 7) is 3.91. The Kier molecular flexibility index (Phi) is 6.15. The van der Waals surface area contributed by atoms with Gasteiger partial charge in [0, 0.05) is 34.6 Å². The van der Waals surface area contributed by atoms with Gasteiger partial charge in [0.25, 0.3) is 11.6 Å². The highest BCUT2D eigenvalue weighted by atomic mass is 16.2. The lowest BCUT2D eigenvalue weighted by atomic mass is 9.74. The fourth-order valence-corrected chi connectivity index (χ4v) is 4.91. The predicted molar refractivity (Wildman–Crippen MR) is 141 cm³/mol. The van der Waals surface area contributed by atoms with Crippen molar-refractivity contribution in [3.63, 3.8) is 0 Å². The summed E-state index contributed by atoms with van der Waals surface area (Å²) in [5, 5.41) is 22.0. The topological polar surface area (TPSA) is 179 Å². The third-order valence-electron chi connectivity index (χ3n) is 6.39. The van der Waals surface area contributed by atoms with Crippen LogP contribution in [0.5, 0.6) is 0 Å². The quantitative estimate of drug-likeness (QED) is 0.389. The number of aromatic amines is 1. The molecule has 2 aliphatic rings. The number of pyridine rings is 1. The molecule has 5 N–H and O–H groups in total. The third kappa shape index (κ3) is 4.15. The van der Waals surface area contributed by atoms with Gasteiger partial charge in [0.15, 0.2) is 5.54 Å². The van der Waals surface area contributed by atoms with Gasteiger partial charge in [-0.2, -0.15) is 0 Å². The van der Waals surface area contributed by atoms with E-state index in [-0.39, 0.29) is 17.9 Å². The highest BCUT2D eigenvalue weighted by Crippen LogP contribution is 2.50. The number of aromatic nitrogens is 1. The summed E-state index contributed by atoms with van der Waals surface area (Å²) in [5.74, 6) is -0.521. The number of urea groups is 1. The Labute approximate surface area is 217 Å². The lowest BCUT2D eigenvalue weighted by molar-refractivity contribution is -0.124. The first-order valence-electron chi connectivity index (χ1n) is 11.9. The van der Waals surface area contributed by atoms with E-state index >= 15 is 0 Å². The Hall–Kier alpha value is -5.00. The number of nitrogens with one attached hydrogen (secondary N) is 3. The number of aliphatic imine (C=N–C) groups is 1. The molecule has 0 saturated heterocycles. The fraction of sp³-hybridized carbons (Fsp3) is 0.231. The number of benzene rings is 2. The molecule has 3 heterocycles. The zero-order valence-electron chi connectivity index (χ0n) is 20.7. The molecule has 3 amide bonds. The van der Waals surface area contributed by atoms with Gasteiger partial charge in [-0.1, -0.05) is 44.2 Å². The second-order valence-electron chi connectivity index (χ2n) is 9.48. The van der Waals surface area contributed by atoms with E-state index in [9.17, 15) is 14.4 Å². The van der Waals surface area contributed by atoms with Crippen LogP contribution in [-0.2, 0) is 10.5 Å². The molecule has 5 rings (SSSR count). The standard InChI is InChI=1S/C26H25N9O3/c1-15(2)14-25(26(32-34-35-33-26)17-6-5-7-18(13-17)29-24(27)38)23(37)30-20-9-4-3-8-19(20)22(31-25)16-10-11-28-21(36)12-16/h3-13,15H,14H2,1-2H3,(H,28,36)(H,30,37)(H3,27,29,38). The molecule has 0 bridgehead atoms. The smallest absolute Gasteiger partial charge is 0.316 e. The van der Waals surface area contributed by atoms with Crippen molar-refractivity contribution >= 4 is 29.0 Å². The first-order valence-corrected chi connectivity index (χ1v) is 11.9. The van der Waals surface area contributed by atoms with Crippen LogP contribution in [0, 0.1) is 5.92 Å².